The Labute approximate surface area is 163 Å². The van der Waals surface area contributed by atoms with Crippen molar-refractivity contribution in [1.82, 2.24) is 5.32 Å². The summed E-state index contributed by atoms with van der Waals surface area (Å²) in [6.07, 6.45) is 9.81. The second kappa shape index (κ2) is 8.29. The van der Waals surface area contributed by atoms with Gasteiger partial charge < -0.3 is 5.32 Å². The van der Waals surface area contributed by atoms with Crippen LogP contribution in [0.15, 0.2) is 48.5 Å². The standard InChI is InChI=1S/C25H31NO/c1-18(22-16-15-19-9-5-8-14-23(19)17-22)26-25(27)24(21-12-6-7-13-21)20-10-3-2-4-11-20/h2-4,10-11,15-18,21,24H,5-9,12-14H2,1H3,(H,26,27)/t18-,24-/m1/s1. The molecule has 0 saturated heterocycles. The minimum absolute atomic E-state index is 0.0197. The summed E-state index contributed by atoms with van der Waals surface area (Å²) in [7, 11) is 0. The maximum Gasteiger partial charge on any atom is 0.228 e. The van der Waals surface area contributed by atoms with Crippen LogP contribution in [0, 0.1) is 5.92 Å². The number of carbonyl (C=O) groups excluding carboxylic acids is 1. The predicted molar refractivity (Wildman–Crippen MR) is 111 cm³/mol. The Kier molecular flexibility index (Phi) is 5.61. The summed E-state index contributed by atoms with van der Waals surface area (Å²) < 4.78 is 0. The molecule has 0 aliphatic heterocycles. The van der Waals surface area contributed by atoms with E-state index in [1.165, 1.54) is 73.6 Å². The molecule has 4 rings (SSSR count). The number of aryl methyl sites for hydroxylation is 2. The highest BCUT2D eigenvalue weighted by Gasteiger charge is 2.32. The van der Waals surface area contributed by atoms with E-state index in [-0.39, 0.29) is 17.9 Å². The topological polar surface area (TPSA) is 29.1 Å². The van der Waals surface area contributed by atoms with Crippen LogP contribution in [-0.4, -0.2) is 5.91 Å². The highest BCUT2D eigenvalue weighted by molar-refractivity contribution is 5.84. The number of hydrogen-bond donors (Lipinski definition) is 1. The van der Waals surface area contributed by atoms with Crippen LogP contribution in [0.3, 0.4) is 0 Å². The number of rotatable bonds is 5. The van der Waals surface area contributed by atoms with Gasteiger partial charge in [-0.1, -0.05) is 61.4 Å². The number of carbonyl (C=O) groups is 1. The van der Waals surface area contributed by atoms with Gasteiger partial charge in [0.05, 0.1) is 12.0 Å². The van der Waals surface area contributed by atoms with Crippen molar-refractivity contribution in [2.24, 2.45) is 5.92 Å². The fourth-order valence-corrected chi connectivity index (χ4v) is 5.00. The summed E-state index contributed by atoms with van der Waals surface area (Å²) in [4.78, 5) is 13.3. The molecular weight excluding hydrogens is 330 g/mol. The lowest BCUT2D eigenvalue weighted by molar-refractivity contribution is -0.124. The van der Waals surface area contributed by atoms with Crippen LogP contribution in [0.4, 0.5) is 0 Å². The van der Waals surface area contributed by atoms with Crippen LogP contribution >= 0.6 is 0 Å². The third-order valence-electron chi connectivity index (χ3n) is 6.54. The molecule has 142 valence electrons. The van der Waals surface area contributed by atoms with E-state index in [1.807, 2.05) is 6.07 Å². The number of hydrogen-bond acceptors (Lipinski definition) is 1. The largest absolute Gasteiger partial charge is 0.349 e. The van der Waals surface area contributed by atoms with Gasteiger partial charge in [-0.15, -0.1) is 0 Å². The normalized spacial score (nSPS) is 19.3. The Morgan fingerprint density at radius 2 is 1.59 bits per heavy atom. The first-order chi connectivity index (χ1) is 13.2. The molecule has 2 aromatic carbocycles. The maximum atomic E-state index is 13.3. The van der Waals surface area contributed by atoms with E-state index in [4.69, 9.17) is 0 Å². The molecule has 2 atom stereocenters. The highest BCUT2D eigenvalue weighted by Crippen LogP contribution is 2.38. The summed E-state index contributed by atoms with van der Waals surface area (Å²) in [5.41, 5.74) is 5.38. The summed E-state index contributed by atoms with van der Waals surface area (Å²) >= 11 is 0. The van der Waals surface area contributed by atoms with Gasteiger partial charge in [-0.3, -0.25) is 4.79 Å². The molecule has 0 unspecified atom stereocenters. The number of nitrogens with one attached hydrogen (secondary N) is 1. The zero-order chi connectivity index (χ0) is 18.6. The molecule has 2 aliphatic carbocycles. The SMILES string of the molecule is C[C@@H](NC(=O)[C@H](c1ccccc1)C1CCCC1)c1ccc2c(c1)CCCC2. The molecule has 1 amide bonds. The summed E-state index contributed by atoms with van der Waals surface area (Å²) in [6.45, 7) is 2.12. The molecule has 2 heteroatoms. The molecule has 27 heavy (non-hydrogen) atoms. The molecule has 0 aromatic heterocycles. The van der Waals surface area contributed by atoms with Gasteiger partial charge in [-0.25, -0.2) is 0 Å². The number of fused-ring (bicyclic) bond motifs is 1. The highest BCUT2D eigenvalue weighted by atomic mass is 16.2. The lowest BCUT2D eigenvalue weighted by atomic mass is 9.83. The Morgan fingerprint density at radius 1 is 0.889 bits per heavy atom. The number of benzene rings is 2. The minimum Gasteiger partial charge on any atom is -0.349 e. The van der Waals surface area contributed by atoms with Gasteiger partial charge in [0.15, 0.2) is 0 Å². The van der Waals surface area contributed by atoms with E-state index < -0.39 is 0 Å². The van der Waals surface area contributed by atoms with Crippen LogP contribution < -0.4 is 5.32 Å². The second-order valence-corrected chi connectivity index (χ2v) is 8.40. The van der Waals surface area contributed by atoms with Gasteiger partial charge in [-0.05, 0) is 73.6 Å². The quantitative estimate of drug-likeness (QED) is 0.725. The molecule has 2 aromatic rings. The molecule has 0 radical (unpaired) electrons. The first-order valence-electron chi connectivity index (χ1n) is 10.7. The molecule has 1 fully saturated rings. The lowest BCUT2D eigenvalue weighted by Gasteiger charge is -2.26. The molecule has 1 N–H and O–H groups in total. The van der Waals surface area contributed by atoms with Crippen LogP contribution in [0.2, 0.25) is 0 Å². The van der Waals surface area contributed by atoms with Gasteiger partial charge in [0, 0.05) is 0 Å². The fraction of sp³-hybridized carbons (Fsp3) is 0.480. The average molecular weight is 362 g/mol. The van der Waals surface area contributed by atoms with Crippen LogP contribution in [0.1, 0.15) is 79.7 Å². The monoisotopic (exact) mass is 361 g/mol. The van der Waals surface area contributed by atoms with Crippen molar-refractivity contribution in [3.05, 3.63) is 70.8 Å². The zero-order valence-electron chi connectivity index (χ0n) is 16.4. The Hall–Kier alpha value is -2.09. The van der Waals surface area contributed by atoms with Crippen LogP contribution in [-0.2, 0) is 17.6 Å². The summed E-state index contributed by atoms with van der Waals surface area (Å²) in [5.74, 6) is 0.648. The van der Waals surface area contributed by atoms with Crippen molar-refractivity contribution in [3.8, 4) is 0 Å². The average Bonchev–Trinajstić information content (AvgIpc) is 3.22. The Bertz CT molecular complexity index is 776. The first-order valence-corrected chi connectivity index (χ1v) is 10.7. The van der Waals surface area contributed by atoms with E-state index >= 15 is 0 Å². The molecule has 0 bridgehead atoms. The summed E-state index contributed by atoms with van der Waals surface area (Å²) in [5, 5.41) is 3.34. The predicted octanol–water partition coefficient (Wildman–Crippen LogP) is 5.72. The fourth-order valence-electron chi connectivity index (χ4n) is 5.00. The number of amides is 1. The first kappa shape index (κ1) is 18.3. The third-order valence-corrected chi connectivity index (χ3v) is 6.54. The van der Waals surface area contributed by atoms with Gasteiger partial charge in [0.25, 0.3) is 0 Å². The minimum atomic E-state index is -0.0197. The van der Waals surface area contributed by atoms with E-state index in [9.17, 15) is 4.79 Å². The van der Waals surface area contributed by atoms with Crippen molar-refractivity contribution in [1.29, 1.82) is 0 Å². The van der Waals surface area contributed by atoms with Crippen molar-refractivity contribution in [2.45, 2.75) is 70.3 Å². The smallest absolute Gasteiger partial charge is 0.228 e. The lowest BCUT2D eigenvalue weighted by Crippen LogP contribution is -2.34. The third kappa shape index (κ3) is 4.10. The van der Waals surface area contributed by atoms with Crippen molar-refractivity contribution < 1.29 is 4.79 Å². The Balaban J connectivity index is 1.52. The van der Waals surface area contributed by atoms with Gasteiger partial charge in [-0.2, -0.15) is 0 Å². The zero-order valence-corrected chi connectivity index (χ0v) is 16.4. The van der Waals surface area contributed by atoms with Crippen LogP contribution in [0.25, 0.3) is 0 Å². The van der Waals surface area contributed by atoms with E-state index in [1.54, 1.807) is 0 Å². The molecule has 2 aliphatic rings. The summed E-state index contributed by atoms with van der Waals surface area (Å²) in [6, 6.07) is 17.2. The Morgan fingerprint density at radius 3 is 2.33 bits per heavy atom. The van der Waals surface area contributed by atoms with Gasteiger partial charge in [0.1, 0.15) is 0 Å². The van der Waals surface area contributed by atoms with Crippen molar-refractivity contribution in [2.75, 3.05) is 0 Å². The second-order valence-electron chi connectivity index (χ2n) is 8.40. The van der Waals surface area contributed by atoms with Crippen molar-refractivity contribution >= 4 is 5.91 Å². The van der Waals surface area contributed by atoms with E-state index in [2.05, 4.69) is 54.7 Å². The maximum absolute atomic E-state index is 13.3. The van der Waals surface area contributed by atoms with Gasteiger partial charge >= 0.3 is 0 Å². The van der Waals surface area contributed by atoms with E-state index in [0.717, 1.165) is 0 Å². The molecule has 1 saturated carbocycles. The molecular formula is C25H31NO. The van der Waals surface area contributed by atoms with Crippen LogP contribution in [0.5, 0.6) is 0 Å². The van der Waals surface area contributed by atoms with E-state index in [0.29, 0.717) is 5.92 Å². The molecule has 0 heterocycles. The van der Waals surface area contributed by atoms with Crippen molar-refractivity contribution in [3.63, 3.8) is 0 Å². The van der Waals surface area contributed by atoms with Gasteiger partial charge in [0.2, 0.25) is 5.91 Å². The molecule has 0 spiro atoms. The molecule has 2 nitrogen and oxygen atoms in total.